The Balaban J connectivity index is 1.93. The van der Waals surface area contributed by atoms with Gasteiger partial charge in [-0.05, 0) is 35.9 Å². The first-order valence-corrected chi connectivity index (χ1v) is 9.05. The average Bonchev–Trinajstić information content (AvgIpc) is 3.14. The number of hydrogen-bond donors (Lipinski definition) is 1. The lowest BCUT2D eigenvalue weighted by atomic mass is 10.1. The summed E-state index contributed by atoms with van der Waals surface area (Å²) < 4.78 is 15.0. The highest BCUT2D eigenvalue weighted by atomic mass is 35.5. The summed E-state index contributed by atoms with van der Waals surface area (Å²) in [6.45, 7) is -0.322. The number of allylic oxidation sites excluding steroid dienone is 1. The number of benzene rings is 2. The van der Waals surface area contributed by atoms with E-state index in [0.717, 1.165) is 5.52 Å². The number of aromatic nitrogens is 2. The summed E-state index contributed by atoms with van der Waals surface area (Å²) in [5.41, 5.74) is 2.29. The summed E-state index contributed by atoms with van der Waals surface area (Å²) in [7, 11) is 2.82. The van der Waals surface area contributed by atoms with Gasteiger partial charge in [0.15, 0.2) is 12.4 Å². The molecule has 0 unspecified atom stereocenters. The number of aromatic amines is 1. The molecule has 0 fully saturated rings. The van der Waals surface area contributed by atoms with Gasteiger partial charge in [0.2, 0.25) is 0 Å². The molecule has 3 aromatic rings. The highest BCUT2D eigenvalue weighted by molar-refractivity contribution is 6.37. The van der Waals surface area contributed by atoms with Gasteiger partial charge in [0.05, 0.1) is 40.9 Å². The maximum absolute atomic E-state index is 11.2. The Kier molecular flexibility index (Phi) is 6.27. The smallest absolute Gasteiger partial charge is 0.343 e. The summed E-state index contributed by atoms with van der Waals surface area (Å²) in [5, 5.41) is 9.97. The monoisotopic (exact) mass is 431 g/mol. The first-order chi connectivity index (χ1) is 13.9. The number of methoxy groups -OCH3 is 2. The third-order valence-corrected chi connectivity index (χ3v) is 4.52. The van der Waals surface area contributed by atoms with E-state index < -0.39 is 5.97 Å². The van der Waals surface area contributed by atoms with Gasteiger partial charge in [0, 0.05) is 6.07 Å². The first kappa shape index (κ1) is 20.5. The number of carbonyl (C=O) groups is 1. The molecule has 0 amide bonds. The molecule has 2 aromatic carbocycles. The predicted molar refractivity (Wildman–Crippen MR) is 110 cm³/mol. The van der Waals surface area contributed by atoms with Gasteiger partial charge < -0.3 is 19.2 Å². The average molecular weight is 432 g/mol. The van der Waals surface area contributed by atoms with Crippen LogP contribution in [0.25, 0.3) is 22.7 Å². The van der Waals surface area contributed by atoms with E-state index in [9.17, 15) is 10.1 Å². The number of nitrogens with one attached hydrogen (secondary N) is 1. The van der Waals surface area contributed by atoms with Crippen molar-refractivity contribution in [2.75, 3.05) is 20.8 Å². The van der Waals surface area contributed by atoms with Gasteiger partial charge in [-0.3, -0.25) is 0 Å². The number of nitrogens with zero attached hydrogens (tertiary/aromatic N) is 2. The minimum atomic E-state index is -0.561. The topological polar surface area (TPSA) is 97.2 Å². The highest BCUT2D eigenvalue weighted by Crippen LogP contribution is 2.35. The molecule has 29 heavy (non-hydrogen) atoms. The maximum atomic E-state index is 11.2. The fourth-order valence-corrected chi connectivity index (χ4v) is 3.17. The number of imidazole rings is 1. The Morgan fingerprint density at radius 1 is 1.24 bits per heavy atom. The quantitative estimate of drug-likeness (QED) is 0.455. The van der Waals surface area contributed by atoms with E-state index in [-0.39, 0.29) is 28.0 Å². The molecule has 0 bridgehead atoms. The standard InChI is InChI=1S/C20H15Cl2N3O4/c1-27-13-3-4-16-17(8-13)25-20(24-16)12(9-23)5-11-6-14(21)19(15(22)7-11)29-10-18(26)28-2/h3-8H,10H2,1-2H3,(H,24,25). The van der Waals surface area contributed by atoms with Crippen LogP contribution < -0.4 is 9.47 Å². The second-order valence-electron chi connectivity index (χ2n) is 5.82. The largest absolute Gasteiger partial charge is 0.497 e. The number of ether oxygens (including phenoxy) is 3. The van der Waals surface area contributed by atoms with E-state index in [0.29, 0.717) is 22.7 Å². The molecule has 1 N–H and O–H groups in total. The van der Waals surface area contributed by atoms with Gasteiger partial charge in [-0.2, -0.15) is 5.26 Å². The van der Waals surface area contributed by atoms with Crippen molar-refractivity contribution < 1.29 is 19.0 Å². The Bertz CT molecular complexity index is 1130. The van der Waals surface area contributed by atoms with Gasteiger partial charge >= 0.3 is 5.97 Å². The number of esters is 1. The molecule has 3 rings (SSSR count). The van der Waals surface area contributed by atoms with Crippen molar-refractivity contribution in [3.05, 3.63) is 51.8 Å². The molecular weight excluding hydrogens is 417 g/mol. The van der Waals surface area contributed by atoms with E-state index in [2.05, 4.69) is 20.8 Å². The van der Waals surface area contributed by atoms with E-state index in [1.165, 1.54) is 7.11 Å². The summed E-state index contributed by atoms with van der Waals surface area (Å²) in [4.78, 5) is 18.8. The van der Waals surface area contributed by atoms with Crippen molar-refractivity contribution in [3.63, 3.8) is 0 Å². The normalized spacial score (nSPS) is 11.2. The molecule has 0 spiro atoms. The highest BCUT2D eigenvalue weighted by Gasteiger charge is 2.13. The van der Waals surface area contributed by atoms with Gasteiger partial charge in [0.1, 0.15) is 17.6 Å². The summed E-state index contributed by atoms with van der Waals surface area (Å²) >= 11 is 12.4. The summed E-state index contributed by atoms with van der Waals surface area (Å²) in [5.74, 6) is 0.671. The predicted octanol–water partition coefficient (Wildman–Crippen LogP) is 4.49. The molecule has 1 aromatic heterocycles. The van der Waals surface area contributed by atoms with Crippen molar-refractivity contribution in [1.82, 2.24) is 9.97 Å². The van der Waals surface area contributed by atoms with E-state index >= 15 is 0 Å². The zero-order valence-electron chi connectivity index (χ0n) is 15.5. The van der Waals surface area contributed by atoms with Crippen LogP contribution in [0, 0.1) is 11.3 Å². The zero-order valence-corrected chi connectivity index (χ0v) is 17.0. The maximum Gasteiger partial charge on any atom is 0.343 e. The number of H-pyrrole nitrogens is 1. The molecule has 0 aliphatic rings. The summed E-state index contributed by atoms with van der Waals surface area (Å²) in [6, 6.07) is 10.6. The van der Waals surface area contributed by atoms with Crippen LogP contribution in [0.3, 0.4) is 0 Å². The van der Waals surface area contributed by atoms with Gasteiger partial charge in [-0.1, -0.05) is 23.2 Å². The number of halogens is 2. The van der Waals surface area contributed by atoms with E-state index in [1.807, 2.05) is 0 Å². The molecule has 0 radical (unpaired) electrons. The molecular formula is C20H15Cl2N3O4. The second-order valence-corrected chi connectivity index (χ2v) is 6.63. The molecule has 7 nitrogen and oxygen atoms in total. The number of carbonyl (C=O) groups excluding carboxylic acids is 1. The van der Waals surface area contributed by atoms with Crippen LogP contribution in [0.5, 0.6) is 11.5 Å². The molecule has 0 saturated heterocycles. The molecule has 9 heteroatoms. The third kappa shape index (κ3) is 4.62. The fourth-order valence-electron chi connectivity index (χ4n) is 2.55. The van der Waals surface area contributed by atoms with E-state index in [1.54, 1.807) is 43.5 Å². The van der Waals surface area contributed by atoms with Crippen LogP contribution >= 0.6 is 23.2 Å². The second kappa shape index (κ2) is 8.86. The van der Waals surface area contributed by atoms with Crippen molar-refractivity contribution in [1.29, 1.82) is 5.26 Å². The molecule has 0 aliphatic heterocycles. The lowest BCUT2D eigenvalue weighted by molar-refractivity contribution is -0.142. The minimum Gasteiger partial charge on any atom is -0.497 e. The number of nitriles is 1. The Hall–Kier alpha value is -3.21. The van der Waals surface area contributed by atoms with Crippen LogP contribution in [0.2, 0.25) is 10.0 Å². The molecule has 1 heterocycles. The molecule has 0 atom stereocenters. The molecule has 0 aliphatic carbocycles. The van der Waals surface area contributed by atoms with E-state index in [4.69, 9.17) is 32.7 Å². The molecule has 0 saturated carbocycles. The fraction of sp³-hybridized carbons (Fsp3) is 0.150. The Morgan fingerprint density at radius 3 is 2.59 bits per heavy atom. The van der Waals surface area contributed by atoms with Crippen LogP contribution in [0.15, 0.2) is 30.3 Å². The van der Waals surface area contributed by atoms with Crippen LogP contribution in [0.4, 0.5) is 0 Å². The lowest BCUT2D eigenvalue weighted by Gasteiger charge is -2.10. The lowest BCUT2D eigenvalue weighted by Crippen LogP contribution is -2.12. The van der Waals surface area contributed by atoms with Crippen LogP contribution in [-0.4, -0.2) is 36.8 Å². The third-order valence-electron chi connectivity index (χ3n) is 3.96. The van der Waals surface area contributed by atoms with Crippen molar-refractivity contribution in [2.45, 2.75) is 0 Å². The van der Waals surface area contributed by atoms with Gasteiger partial charge in [-0.25, -0.2) is 9.78 Å². The zero-order chi connectivity index (χ0) is 21.0. The Labute approximate surface area is 176 Å². The van der Waals surface area contributed by atoms with Crippen LogP contribution in [0.1, 0.15) is 11.4 Å². The first-order valence-electron chi connectivity index (χ1n) is 8.29. The Morgan fingerprint density at radius 2 is 1.97 bits per heavy atom. The minimum absolute atomic E-state index is 0.158. The van der Waals surface area contributed by atoms with Gasteiger partial charge in [0.25, 0.3) is 0 Å². The van der Waals surface area contributed by atoms with Gasteiger partial charge in [-0.15, -0.1) is 0 Å². The SMILES string of the molecule is COC(=O)COc1c(Cl)cc(C=C(C#N)c2nc3ccc(OC)cc3[nH]2)cc1Cl. The number of hydrogen-bond acceptors (Lipinski definition) is 6. The summed E-state index contributed by atoms with van der Waals surface area (Å²) in [6.07, 6.45) is 1.59. The van der Waals surface area contributed by atoms with Crippen molar-refractivity contribution in [2.24, 2.45) is 0 Å². The van der Waals surface area contributed by atoms with Crippen LogP contribution in [-0.2, 0) is 9.53 Å². The van der Waals surface area contributed by atoms with Crippen molar-refractivity contribution in [3.8, 4) is 17.6 Å². The number of fused-ring (bicyclic) bond motifs is 1. The molecule has 148 valence electrons. The van der Waals surface area contributed by atoms with Crippen molar-refractivity contribution >= 4 is 51.9 Å². The number of rotatable bonds is 6.